The SMILES string of the molecule is CSCC[C@@H](NC(N)=O)C(=O)Nc1ccc(I)cc1. The van der Waals surface area contributed by atoms with E-state index in [1.54, 1.807) is 11.8 Å². The second kappa shape index (κ2) is 8.26. The molecule has 1 rings (SSSR count). The fraction of sp³-hybridized carbons (Fsp3) is 0.333. The number of amides is 3. The van der Waals surface area contributed by atoms with E-state index in [-0.39, 0.29) is 5.91 Å². The molecule has 0 aliphatic rings. The number of thioether (sulfide) groups is 1. The standard InChI is InChI=1S/C12H16IN3O2S/c1-19-7-6-10(16-12(14)18)11(17)15-9-4-2-8(13)3-5-9/h2-5,10H,6-7H2,1H3,(H,15,17)(H3,14,16,18)/t10-/m1/s1. The molecule has 7 heteroatoms. The first kappa shape index (κ1) is 16.1. The number of halogens is 1. The predicted molar refractivity (Wildman–Crippen MR) is 87.3 cm³/mol. The van der Waals surface area contributed by atoms with Crippen LogP contribution in [0.1, 0.15) is 6.42 Å². The lowest BCUT2D eigenvalue weighted by Gasteiger charge is -2.16. The fourth-order valence-electron chi connectivity index (χ4n) is 1.44. The molecule has 104 valence electrons. The van der Waals surface area contributed by atoms with Crippen LogP contribution in [0.2, 0.25) is 0 Å². The van der Waals surface area contributed by atoms with Gasteiger partial charge in [0.25, 0.3) is 0 Å². The summed E-state index contributed by atoms with van der Waals surface area (Å²) in [5.74, 6) is 0.513. The van der Waals surface area contributed by atoms with Crippen LogP contribution in [-0.4, -0.2) is 30.0 Å². The Morgan fingerprint density at radius 1 is 1.37 bits per heavy atom. The first-order chi connectivity index (χ1) is 9.02. The van der Waals surface area contributed by atoms with Gasteiger partial charge in [-0.1, -0.05) is 0 Å². The van der Waals surface area contributed by atoms with E-state index in [4.69, 9.17) is 5.73 Å². The Balaban J connectivity index is 2.64. The van der Waals surface area contributed by atoms with Gasteiger partial charge in [-0.3, -0.25) is 4.79 Å². The average Bonchev–Trinajstić information content (AvgIpc) is 2.36. The first-order valence-electron chi connectivity index (χ1n) is 5.64. The van der Waals surface area contributed by atoms with Gasteiger partial charge in [0, 0.05) is 9.26 Å². The molecular formula is C12H16IN3O2S. The largest absolute Gasteiger partial charge is 0.352 e. The minimum atomic E-state index is -0.691. The summed E-state index contributed by atoms with van der Waals surface area (Å²) < 4.78 is 1.09. The number of anilines is 1. The lowest BCUT2D eigenvalue weighted by Crippen LogP contribution is -2.46. The minimum absolute atomic E-state index is 0.256. The monoisotopic (exact) mass is 393 g/mol. The highest BCUT2D eigenvalue weighted by Crippen LogP contribution is 2.12. The summed E-state index contributed by atoms with van der Waals surface area (Å²) in [5, 5.41) is 5.22. The van der Waals surface area contributed by atoms with Gasteiger partial charge >= 0.3 is 6.03 Å². The Kier molecular flexibility index (Phi) is 7.00. The summed E-state index contributed by atoms with van der Waals surface area (Å²) in [6.07, 6.45) is 2.48. The number of benzene rings is 1. The average molecular weight is 393 g/mol. The van der Waals surface area contributed by atoms with Crippen LogP contribution in [0.3, 0.4) is 0 Å². The second-order valence-corrected chi connectivity index (χ2v) is 6.07. The number of nitrogens with two attached hydrogens (primary N) is 1. The Morgan fingerprint density at radius 3 is 2.53 bits per heavy atom. The summed E-state index contributed by atoms with van der Waals surface area (Å²) in [7, 11) is 0. The number of hydrogen-bond acceptors (Lipinski definition) is 3. The van der Waals surface area contributed by atoms with Crippen molar-refractivity contribution in [2.75, 3.05) is 17.3 Å². The molecule has 5 nitrogen and oxygen atoms in total. The molecule has 0 bridgehead atoms. The topological polar surface area (TPSA) is 84.2 Å². The number of primary amides is 1. The summed E-state index contributed by atoms with van der Waals surface area (Å²) in [5.41, 5.74) is 5.78. The van der Waals surface area contributed by atoms with E-state index in [9.17, 15) is 9.59 Å². The van der Waals surface area contributed by atoms with Gasteiger partial charge in [0.05, 0.1) is 0 Å². The lowest BCUT2D eigenvalue weighted by atomic mass is 10.2. The minimum Gasteiger partial charge on any atom is -0.352 e. The van der Waals surface area contributed by atoms with Gasteiger partial charge in [-0.2, -0.15) is 11.8 Å². The van der Waals surface area contributed by atoms with Crippen molar-refractivity contribution in [2.24, 2.45) is 5.73 Å². The normalized spacial score (nSPS) is 11.7. The molecule has 0 unspecified atom stereocenters. The maximum absolute atomic E-state index is 12.0. The zero-order chi connectivity index (χ0) is 14.3. The van der Waals surface area contributed by atoms with Crippen LogP contribution in [0.5, 0.6) is 0 Å². The zero-order valence-corrected chi connectivity index (χ0v) is 13.5. The molecule has 3 amide bonds. The van der Waals surface area contributed by atoms with Gasteiger partial charge in [-0.05, 0) is 65.3 Å². The molecule has 0 aliphatic carbocycles. The van der Waals surface area contributed by atoms with Crippen LogP contribution >= 0.6 is 34.4 Å². The van der Waals surface area contributed by atoms with Gasteiger partial charge < -0.3 is 16.4 Å². The van der Waals surface area contributed by atoms with Crippen LogP contribution in [-0.2, 0) is 4.79 Å². The van der Waals surface area contributed by atoms with Crippen molar-refractivity contribution in [1.29, 1.82) is 0 Å². The second-order valence-electron chi connectivity index (χ2n) is 3.84. The van der Waals surface area contributed by atoms with E-state index < -0.39 is 12.1 Å². The number of carbonyl (C=O) groups excluding carboxylic acids is 2. The molecule has 0 saturated heterocycles. The van der Waals surface area contributed by atoms with Gasteiger partial charge in [0.1, 0.15) is 6.04 Å². The van der Waals surface area contributed by atoms with Crippen LogP contribution in [0.15, 0.2) is 24.3 Å². The van der Waals surface area contributed by atoms with E-state index in [2.05, 4.69) is 33.2 Å². The molecule has 1 atom stereocenters. The van der Waals surface area contributed by atoms with Gasteiger partial charge in [0.2, 0.25) is 5.91 Å². The highest BCUT2D eigenvalue weighted by atomic mass is 127. The van der Waals surface area contributed by atoms with Crippen molar-refractivity contribution in [3.05, 3.63) is 27.8 Å². The summed E-state index contributed by atoms with van der Waals surface area (Å²) in [6, 6.07) is 6.13. The van der Waals surface area contributed by atoms with Crippen molar-refractivity contribution in [2.45, 2.75) is 12.5 Å². The smallest absolute Gasteiger partial charge is 0.312 e. The van der Waals surface area contributed by atoms with Gasteiger partial charge in [0.15, 0.2) is 0 Å². The van der Waals surface area contributed by atoms with Crippen LogP contribution in [0.25, 0.3) is 0 Å². The van der Waals surface area contributed by atoms with E-state index >= 15 is 0 Å². The maximum Gasteiger partial charge on any atom is 0.312 e. The maximum atomic E-state index is 12.0. The molecule has 19 heavy (non-hydrogen) atoms. The molecule has 0 heterocycles. The summed E-state index contributed by atoms with van der Waals surface area (Å²) in [6.45, 7) is 0. The molecular weight excluding hydrogens is 377 g/mol. The van der Waals surface area contributed by atoms with Gasteiger partial charge in [-0.15, -0.1) is 0 Å². The Morgan fingerprint density at radius 2 is 2.00 bits per heavy atom. The molecule has 1 aromatic carbocycles. The van der Waals surface area contributed by atoms with Crippen molar-refractivity contribution >= 4 is 52.0 Å². The Bertz CT molecular complexity index is 439. The summed E-state index contributed by atoms with van der Waals surface area (Å²) in [4.78, 5) is 22.9. The van der Waals surface area contributed by atoms with Crippen molar-refractivity contribution in [3.8, 4) is 0 Å². The molecule has 0 radical (unpaired) electrons. The third kappa shape index (κ3) is 6.15. The van der Waals surface area contributed by atoms with E-state index in [0.717, 1.165) is 9.32 Å². The fourth-order valence-corrected chi connectivity index (χ4v) is 2.27. The third-order valence-corrected chi connectivity index (χ3v) is 3.72. The predicted octanol–water partition coefficient (Wildman–Crippen LogP) is 2.02. The Labute approximate surface area is 130 Å². The van der Waals surface area contributed by atoms with Crippen molar-refractivity contribution in [3.63, 3.8) is 0 Å². The highest BCUT2D eigenvalue weighted by Gasteiger charge is 2.19. The first-order valence-corrected chi connectivity index (χ1v) is 8.11. The quantitative estimate of drug-likeness (QED) is 0.647. The molecule has 0 aromatic heterocycles. The molecule has 0 aliphatic heterocycles. The van der Waals surface area contributed by atoms with Crippen molar-refractivity contribution in [1.82, 2.24) is 5.32 Å². The molecule has 1 aromatic rings. The lowest BCUT2D eigenvalue weighted by molar-refractivity contribution is -0.117. The zero-order valence-electron chi connectivity index (χ0n) is 10.5. The third-order valence-electron chi connectivity index (χ3n) is 2.36. The Hall–Kier alpha value is -0.960. The molecule has 0 saturated carbocycles. The molecule has 0 fully saturated rings. The van der Waals surface area contributed by atoms with E-state index in [1.165, 1.54) is 0 Å². The number of hydrogen-bond donors (Lipinski definition) is 3. The number of rotatable bonds is 6. The molecule has 0 spiro atoms. The number of urea groups is 1. The van der Waals surface area contributed by atoms with Gasteiger partial charge in [-0.25, -0.2) is 4.79 Å². The van der Waals surface area contributed by atoms with Crippen molar-refractivity contribution < 1.29 is 9.59 Å². The van der Waals surface area contributed by atoms with Crippen LogP contribution in [0, 0.1) is 3.57 Å². The highest BCUT2D eigenvalue weighted by molar-refractivity contribution is 14.1. The van der Waals surface area contributed by atoms with E-state index in [0.29, 0.717) is 12.1 Å². The van der Waals surface area contributed by atoms with Crippen LogP contribution in [0.4, 0.5) is 10.5 Å². The van der Waals surface area contributed by atoms with E-state index in [1.807, 2.05) is 30.5 Å². The molecule has 4 N–H and O–H groups in total. The number of carbonyl (C=O) groups is 2. The van der Waals surface area contributed by atoms with Crippen LogP contribution < -0.4 is 16.4 Å². The number of nitrogens with one attached hydrogen (secondary N) is 2. The summed E-state index contributed by atoms with van der Waals surface area (Å²) >= 11 is 3.80.